The Bertz CT molecular complexity index is 492. The van der Waals surface area contributed by atoms with E-state index in [0.29, 0.717) is 13.2 Å². The van der Waals surface area contributed by atoms with Crippen molar-refractivity contribution in [1.29, 1.82) is 0 Å². The number of carbonyl (C=O) groups excluding carboxylic acids is 1. The molecule has 0 atom stereocenters. The smallest absolute Gasteiger partial charge is 0.249 e. The molecule has 0 radical (unpaired) electrons. The van der Waals surface area contributed by atoms with Gasteiger partial charge in [0.1, 0.15) is 12.4 Å². The number of aromatic hydroxyl groups is 1. The van der Waals surface area contributed by atoms with E-state index in [1.54, 1.807) is 12.1 Å². The summed E-state index contributed by atoms with van der Waals surface area (Å²) >= 11 is 0. The lowest BCUT2D eigenvalue weighted by atomic mass is 9.85. The fourth-order valence-corrected chi connectivity index (χ4v) is 3.15. The Morgan fingerprint density at radius 2 is 2.15 bits per heavy atom. The number of hydrogen-bond donors (Lipinski definition) is 2. The van der Waals surface area contributed by atoms with E-state index in [1.165, 1.54) is 0 Å². The van der Waals surface area contributed by atoms with E-state index in [1.807, 2.05) is 17.0 Å². The molecule has 0 aliphatic carbocycles. The molecule has 1 aromatic carbocycles. The molecule has 2 saturated heterocycles. The first-order chi connectivity index (χ1) is 9.70. The van der Waals surface area contributed by atoms with Gasteiger partial charge >= 0.3 is 0 Å². The molecular weight excluding hydrogens is 256 g/mol. The van der Waals surface area contributed by atoms with Gasteiger partial charge in [-0.15, -0.1) is 0 Å². The number of carbonyl (C=O) groups is 1. The Morgan fingerprint density at radius 3 is 2.90 bits per heavy atom. The molecule has 2 aliphatic rings. The van der Waals surface area contributed by atoms with E-state index in [-0.39, 0.29) is 23.8 Å². The van der Waals surface area contributed by atoms with Gasteiger partial charge in [-0.2, -0.15) is 0 Å². The molecule has 108 valence electrons. The van der Waals surface area contributed by atoms with Crippen LogP contribution in [0.5, 0.6) is 5.75 Å². The van der Waals surface area contributed by atoms with Crippen molar-refractivity contribution in [3.63, 3.8) is 0 Å². The maximum atomic E-state index is 12.3. The normalized spacial score (nSPS) is 22.2. The lowest BCUT2D eigenvalue weighted by molar-refractivity contribution is -0.162. The third-order valence-electron chi connectivity index (χ3n) is 4.26. The zero-order valence-corrected chi connectivity index (χ0v) is 11.5. The van der Waals surface area contributed by atoms with Crippen molar-refractivity contribution in [1.82, 2.24) is 10.2 Å². The van der Waals surface area contributed by atoms with Crippen LogP contribution in [-0.4, -0.2) is 47.8 Å². The highest BCUT2D eigenvalue weighted by Crippen LogP contribution is 2.31. The van der Waals surface area contributed by atoms with Crippen LogP contribution in [0.3, 0.4) is 0 Å². The van der Waals surface area contributed by atoms with Gasteiger partial charge in [0.05, 0.1) is 12.1 Å². The number of phenolic OH excluding ortho intramolecular Hbond substituents is 1. The molecule has 3 rings (SSSR count). The van der Waals surface area contributed by atoms with Crippen LogP contribution >= 0.6 is 0 Å². The first kappa shape index (κ1) is 13.4. The van der Waals surface area contributed by atoms with Crippen molar-refractivity contribution in [2.24, 2.45) is 0 Å². The second kappa shape index (κ2) is 5.42. The second-order valence-corrected chi connectivity index (χ2v) is 5.62. The van der Waals surface area contributed by atoms with Crippen molar-refractivity contribution >= 4 is 5.91 Å². The fraction of sp³-hybridized carbons (Fsp3) is 0.533. The Balaban J connectivity index is 1.84. The minimum absolute atomic E-state index is 0.0430. The van der Waals surface area contributed by atoms with Crippen LogP contribution in [0.4, 0.5) is 0 Å². The Kier molecular flexibility index (Phi) is 3.63. The number of piperidine rings is 1. The van der Waals surface area contributed by atoms with Crippen molar-refractivity contribution < 1.29 is 14.6 Å². The Hall–Kier alpha value is -1.59. The summed E-state index contributed by atoms with van der Waals surface area (Å²) in [5.74, 6) is 0.282. The summed E-state index contributed by atoms with van der Waals surface area (Å²) in [5.41, 5.74) is 0.768. The molecule has 2 heterocycles. The van der Waals surface area contributed by atoms with Crippen molar-refractivity contribution in [2.45, 2.75) is 24.9 Å². The number of morpholine rings is 1. The average Bonchev–Trinajstić information content (AvgIpc) is 2.44. The van der Waals surface area contributed by atoms with Crippen LogP contribution in [0.2, 0.25) is 0 Å². The standard InChI is InChI=1S/C15H20N2O3/c18-13-3-1-2-12(8-13)9-17-14(19)10-20-11-15(17)4-6-16-7-5-15/h1-3,8,16,18H,4-7,9-11H2. The molecule has 1 amide bonds. The van der Waals surface area contributed by atoms with E-state index in [2.05, 4.69) is 5.32 Å². The lowest BCUT2D eigenvalue weighted by Crippen LogP contribution is -2.62. The van der Waals surface area contributed by atoms with Gasteiger partial charge in [-0.3, -0.25) is 4.79 Å². The summed E-state index contributed by atoms with van der Waals surface area (Å²) in [6.07, 6.45) is 1.83. The molecule has 2 N–H and O–H groups in total. The number of amides is 1. The molecular formula is C15H20N2O3. The predicted octanol–water partition coefficient (Wildman–Crippen LogP) is 0.873. The van der Waals surface area contributed by atoms with Crippen molar-refractivity contribution in [3.05, 3.63) is 29.8 Å². The van der Waals surface area contributed by atoms with Gasteiger partial charge in [0, 0.05) is 6.54 Å². The van der Waals surface area contributed by atoms with Crippen LogP contribution in [-0.2, 0) is 16.1 Å². The summed E-state index contributed by atoms with van der Waals surface area (Å²) in [4.78, 5) is 14.2. The minimum Gasteiger partial charge on any atom is -0.508 e. The van der Waals surface area contributed by atoms with Gasteiger partial charge in [-0.25, -0.2) is 0 Å². The summed E-state index contributed by atoms with van der Waals surface area (Å²) in [5, 5.41) is 12.9. The van der Waals surface area contributed by atoms with Crippen LogP contribution in [0.15, 0.2) is 24.3 Å². The van der Waals surface area contributed by atoms with Crippen molar-refractivity contribution in [3.8, 4) is 5.75 Å². The maximum Gasteiger partial charge on any atom is 0.249 e. The summed E-state index contributed by atoms with van der Waals surface area (Å²) in [7, 11) is 0. The highest BCUT2D eigenvalue weighted by atomic mass is 16.5. The molecule has 20 heavy (non-hydrogen) atoms. The fourth-order valence-electron chi connectivity index (χ4n) is 3.15. The van der Waals surface area contributed by atoms with Crippen LogP contribution in [0.1, 0.15) is 18.4 Å². The Morgan fingerprint density at radius 1 is 1.35 bits per heavy atom. The SMILES string of the molecule is O=C1COCC2(CCNCC2)N1Cc1cccc(O)c1. The first-order valence-corrected chi connectivity index (χ1v) is 7.06. The van der Waals surface area contributed by atoms with E-state index >= 15 is 0 Å². The molecule has 0 bridgehead atoms. The quantitative estimate of drug-likeness (QED) is 0.841. The highest BCUT2D eigenvalue weighted by Gasteiger charge is 2.43. The number of phenols is 1. The molecule has 2 fully saturated rings. The van der Waals surface area contributed by atoms with Gasteiger partial charge in [0.25, 0.3) is 0 Å². The molecule has 2 aliphatic heterocycles. The molecule has 1 aromatic rings. The Labute approximate surface area is 118 Å². The largest absolute Gasteiger partial charge is 0.508 e. The van der Waals surface area contributed by atoms with Gasteiger partial charge in [0.2, 0.25) is 5.91 Å². The second-order valence-electron chi connectivity index (χ2n) is 5.62. The number of rotatable bonds is 2. The van der Waals surface area contributed by atoms with Gasteiger partial charge in [-0.05, 0) is 43.6 Å². The number of nitrogens with zero attached hydrogens (tertiary/aromatic N) is 1. The maximum absolute atomic E-state index is 12.3. The van der Waals surface area contributed by atoms with E-state index in [4.69, 9.17) is 4.74 Å². The molecule has 1 spiro atoms. The van der Waals surface area contributed by atoms with Crippen LogP contribution in [0, 0.1) is 0 Å². The predicted molar refractivity (Wildman–Crippen MR) is 74.3 cm³/mol. The molecule has 0 aromatic heterocycles. The van der Waals surface area contributed by atoms with Gasteiger partial charge < -0.3 is 20.1 Å². The van der Waals surface area contributed by atoms with Crippen LogP contribution < -0.4 is 5.32 Å². The van der Waals surface area contributed by atoms with Gasteiger partial charge in [0.15, 0.2) is 0 Å². The minimum atomic E-state index is -0.188. The zero-order chi connectivity index (χ0) is 14.0. The molecule has 0 saturated carbocycles. The third kappa shape index (κ3) is 2.51. The number of benzene rings is 1. The topological polar surface area (TPSA) is 61.8 Å². The van der Waals surface area contributed by atoms with Gasteiger partial charge in [-0.1, -0.05) is 12.1 Å². The van der Waals surface area contributed by atoms with E-state index < -0.39 is 0 Å². The third-order valence-corrected chi connectivity index (χ3v) is 4.26. The summed E-state index contributed by atoms with van der Waals surface area (Å²) in [6, 6.07) is 7.12. The molecule has 0 unspecified atom stereocenters. The molecule has 5 nitrogen and oxygen atoms in total. The first-order valence-electron chi connectivity index (χ1n) is 7.06. The van der Waals surface area contributed by atoms with Crippen LogP contribution in [0.25, 0.3) is 0 Å². The zero-order valence-electron chi connectivity index (χ0n) is 11.5. The lowest BCUT2D eigenvalue weighted by Gasteiger charge is -2.49. The van der Waals surface area contributed by atoms with E-state index in [9.17, 15) is 9.90 Å². The number of nitrogens with one attached hydrogen (secondary N) is 1. The number of ether oxygens (including phenoxy) is 1. The summed E-state index contributed by atoms with van der Waals surface area (Å²) in [6.45, 7) is 3.13. The monoisotopic (exact) mass is 276 g/mol. The summed E-state index contributed by atoms with van der Waals surface area (Å²) < 4.78 is 5.50. The van der Waals surface area contributed by atoms with Crippen molar-refractivity contribution in [2.75, 3.05) is 26.3 Å². The number of hydrogen-bond acceptors (Lipinski definition) is 4. The average molecular weight is 276 g/mol. The van der Waals surface area contributed by atoms with E-state index in [0.717, 1.165) is 31.5 Å². The molecule has 5 heteroatoms. The highest BCUT2D eigenvalue weighted by molar-refractivity contribution is 5.79.